The van der Waals surface area contributed by atoms with E-state index in [-0.39, 0.29) is 5.69 Å². The minimum Gasteiger partial charge on any atom is -0.298 e. The van der Waals surface area contributed by atoms with Crippen molar-refractivity contribution in [2.24, 2.45) is 0 Å². The molecule has 3 aromatic rings. The van der Waals surface area contributed by atoms with E-state index in [0.29, 0.717) is 16.4 Å². The summed E-state index contributed by atoms with van der Waals surface area (Å²) >= 11 is 0. The second-order valence-corrected chi connectivity index (χ2v) is 6.23. The number of amides is 1. The van der Waals surface area contributed by atoms with Crippen molar-refractivity contribution in [1.29, 1.82) is 0 Å². The molecule has 11 heteroatoms. The van der Waals surface area contributed by atoms with Crippen molar-refractivity contribution in [3.05, 3.63) is 77.1 Å². The number of alkyl halides is 6. The van der Waals surface area contributed by atoms with Gasteiger partial charge in [0.1, 0.15) is 0 Å². The molecule has 0 atom stereocenters. The van der Waals surface area contributed by atoms with Gasteiger partial charge in [0.05, 0.1) is 28.7 Å². The zero-order chi connectivity index (χ0) is 22.1. The number of aromatic nitrogens is 2. The van der Waals surface area contributed by atoms with E-state index in [1.165, 1.54) is 18.2 Å². The first-order chi connectivity index (χ1) is 14.0. The molecule has 0 bridgehead atoms. The number of hydrogen-bond donors (Lipinski definition) is 2. The molecular formula is C19H14F6N4O. The highest BCUT2D eigenvalue weighted by atomic mass is 19.4. The molecule has 0 spiro atoms. The van der Waals surface area contributed by atoms with Gasteiger partial charge in [0.25, 0.3) is 5.91 Å². The summed E-state index contributed by atoms with van der Waals surface area (Å²) in [5, 5.41) is 3.67. The minimum absolute atomic E-state index is 0.110. The smallest absolute Gasteiger partial charge is 0.298 e. The van der Waals surface area contributed by atoms with E-state index in [0.717, 1.165) is 18.2 Å². The molecule has 1 amide bonds. The summed E-state index contributed by atoms with van der Waals surface area (Å²) in [4.78, 5) is 12.4. The van der Waals surface area contributed by atoms with E-state index in [1.54, 1.807) is 19.1 Å². The topological polar surface area (TPSA) is 59.0 Å². The van der Waals surface area contributed by atoms with E-state index in [1.807, 2.05) is 10.9 Å². The fourth-order valence-corrected chi connectivity index (χ4v) is 2.80. The van der Waals surface area contributed by atoms with E-state index < -0.39 is 40.8 Å². The zero-order valence-corrected chi connectivity index (χ0v) is 15.3. The van der Waals surface area contributed by atoms with Crippen LogP contribution in [0, 0.1) is 6.92 Å². The summed E-state index contributed by atoms with van der Waals surface area (Å²) in [6.07, 6.45) is -8.96. The third-order valence-electron chi connectivity index (χ3n) is 4.17. The van der Waals surface area contributed by atoms with Crippen molar-refractivity contribution in [3.63, 3.8) is 0 Å². The lowest BCUT2D eigenvalue weighted by atomic mass is 10.1. The van der Waals surface area contributed by atoms with Crippen LogP contribution in [0.2, 0.25) is 0 Å². The monoisotopic (exact) mass is 428 g/mol. The van der Waals surface area contributed by atoms with Crippen LogP contribution < -0.4 is 10.9 Å². The number of hydrazine groups is 1. The van der Waals surface area contributed by atoms with Gasteiger partial charge >= 0.3 is 12.4 Å². The summed E-state index contributed by atoms with van der Waals surface area (Å²) in [5.41, 5.74) is 0.709. The lowest BCUT2D eigenvalue weighted by molar-refractivity contribution is -0.143. The van der Waals surface area contributed by atoms with Gasteiger partial charge in [0, 0.05) is 0 Å². The van der Waals surface area contributed by atoms with Gasteiger partial charge < -0.3 is 0 Å². The quantitative estimate of drug-likeness (QED) is 0.456. The number of carbonyl (C=O) groups is 1. The standard InChI is InChI=1S/C19H14F6N4O/c1-11-6-2-5-9-15(11)29-16(19(23,24)25)12(10-26-29)17(30)28-27-14-8-4-3-7-13(14)18(20,21)22/h2-10,27H,1H3,(H,28,30). The molecule has 0 saturated carbocycles. The largest absolute Gasteiger partial charge is 0.434 e. The van der Waals surface area contributed by atoms with Gasteiger partial charge in [0.15, 0.2) is 5.69 Å². The number of nitrogens with zero attached hydrogens (tertiary/aromatic N) is 2. The van der Waals surface area contributed by atoms with Crippen molar-refractivity contribution in [3.8, 4) is 5.69 Å². The van der Waals surface area contributed by atoms with E-state index >= 15 is 0 Å². The van der Waals surface area contributed by atoms with Crippen LogP contribution >= 0.6 is 0 Å². The third kappa shape index (κ3) is 4.24. The Balaban J connectivity index is 1.94. The molecule has 5 nitrogen and oxygen atoms in total. The molecule has 0 fully saturated rings. The van der Waals surface area contributed by atoms with Gasteiger partial charge in [0.2, 0.25) is 0 Å². The zero-order valence-electron chi connectivity index (χ0n) is 15.3. The van der Waals surface area contributed by atoms with E-state index in [4.69, 9.17) is 0 Å². The predicted molar refractivity (Wildman–Crippen MR) is 95.8 cm³/mol. The predicted octanol–water partition coefficient (Wildman–Crippen LogP) is 4.98. The average Bonchev–Trinajstić information content (AvgIpc) is 3.11. The van der Waals surface area contributed by atoms with Crippen molar-refractivity contribution >= 4 is 11.6 Å². The lowest BCUT2D eigenvalue weighted by Crippen LogP contribution is -2.32. The Morgan fingerprint density at radius 1 is 0.933 bits per heavy atom. The lowest BCUT2D eigenvalue weighted by Gasteiger charge is -2.16. The minimum atomic E-state index is -4.95. The van der Waals surface area contributed by atoms with Crippen molar-refractivity contribution in [2.75, 3.05) is 5.43 Å². The molecule has 30 heavy (non-hydrogen) atoms. The van der Waals surface area contributed by atoms with Crippen LogP contribution in [0.1, 0.15) is 27.2 Å². The Bertz CT molecular complexity index is 1070. The first-order valence-electron chi connectivity index (χ1n) is 8.44. The number of carbonyl (C=O) groups excluding carboxylic acids is 1. The molecule has 0 aliphatic carbocycles. The molecule has 158 valence electrons. The summed E-state index contributed by atoms with van der Waals surface area (Å²) < 4.78 is 80.7. The van der Waals surface area contributed by atoms with Gasteiger partial charge in [-0.2, -0.15) is 31.4 Å². The number of rotatable bonds is 4. The maximum absolute atomic E-state index is 13.7. The molecule has 0 saturated heterocycles. The van der Waals surface area contributed by atoms with Crippen LogP contribution in [0.4, 0.5) is 32.0 Å². The second-order valence-electron chi connectivity index (χ2n) is 6.23. The van der Waals surface area contributed by atoms with Crippen molar-refractivity contribution in [1.82, 2.24) is 15.2 Å². The van der Waals surface area contributed by atoms with Gasteiger partial charge in [-0.25, -0.2) is 4.68 Å². The molecule has 1 heterocycles. The van der Waals surface area contributed by atoms with Crippen LogP contribution in [0.3, 0.4) is 0 Å². The Labute approximate surface area is 166 Å². The fourth-order valence-electron chi connectivity index (χ4n) is 2.80. The Hall–Kier alpha value is -3.50. The summed E-state index contributed by atoms with van der Waals surface area (Å²) in [5.74, 6) is -1.29. The molecule has 3 rings (SSSR count). The second kappa shape index (κ2) is 7.73. The first kappa shape index (κ1) is 21.2. The number of anilines is 1. The number of benzene rings is 2. The molecule has 0 aliphatic rings. The van der Waals surface area contributed by atoms with Crippen LogP contribution in [-0.4, -0.2) is 15.7 Å². The van der Waals surface area contributed by atoms with E-state index in [9.17, 15) is 31.1 Å². The van der Waals surface area contributed by atoms with Crippen LogP contribution in [0.25, 0.3) is 5.69 Å². The maximum Gasteiger partial charge on any atom is 0.434 e. The number of para-hydroxylation sites is 2. The van der Waals surface area contributed by atoms with Gasteiger partial charge in [-0.3, -0.25) is 15.6 Å². The van der Waals surface area contributed by atoms with Gasteiger partial charge in [-0.05, 0) is 30.7 Å². The van der Waals surface area contributed by atoms with Crippen LogP contribution in [-0.2, 0) is 12.4 Å². The Morgan fingerprint density at radius 2 is 1.57 bits per heavy atom. The number of nitrogens with one attached hydrogen (secondary N) is 2. The molecule has 0 radical (unpaired) electrons. The highest BCUT2D eigenvalue weighted by molar-refractivity contribution is 5.96. The van der Waals surface area contributed by atoms with Gasteiger partial charge in [-0.15, -0.1) is 0 Å². The highest BCUT2D eigenvalue weighted by Crippen LogP contribution is 2.35. The third-order valence-corrected chi connectivity index (χ3v) is 4.17. The fraction of sp³-hybridized carbons (Fsp3) is 0.158. The molecule has 2 N–H and O–H groups in total. The SMILES string of the molecule is Cc1ccccc1-n1ncc(C(=O)NNc2ccccc2C(F)(F)F)c1C(F)(F)F. The normalized spacial score (nSPS) is 12.0. The summed E-state index contributed by atoms with van der Waals surface area (Å²) in [6, 6.07) is 10.3. The first-order valence-corrected chi connectivity index (χ1v) is 8.44. The average molecular weight is 428 g/mol. The Morgan fingerprint density at radius 3 is 2.20 bits per heavy atom. The number of halogens is 6. The summed E-state index contributed by atoms with van der Waals surface area (Å²) in [7, 11) is 0. The highest BCUT2D eigenvalue weighted by Gasteiger charge is 2.41. The number of aryl methyl sites for hydroxylation is 1. The van der Waals surface area contributed by atoms with Crippen molar-refractivity contribution < 1.29 is 31.1 Å². The summed E-state index contributed by atoms with van der Waals surface area (Å²) in [6.45, 7) is 1.58. The van der Waals surface area contributed by atoms with E-state index in [2.05, 4.69) is 5.10 Å². The number of hydrogen-bond acceptors (Lipinski definition) is 3. The van der Waals surface area contributed by atoms with Crippen LogP contribution in [0.5, 0.6) is 0 Å². The molecule has 0 unspecified atom stereocenters. The van der Waals surface area contributed by atoms with Crippen LogP contribution in [0.15, 0.2) is 54.7 Å². The molecular weight excluding hydrogens is 414 g/mol. The maximum atomic E-state index is 13.7. The van der Waals surface area contributed by atoms with Gasteiger partial charge in [-0.1, -0.05) is 30.3 Å². The molecule has 1 aromatic heterocycles. The molecule has 0 aliphatic heterocycles. The molecule has 2 aromatic carbocycles. The van der Waals surface area contributed by atoms with Crippen molar-refractivity contribution in [2.45, 2.75) is 19.3 Å². The Kier molecular flexibility index (Phi) is 5.47.